The number of primary sulfonamides is 1. The van der Waals surface area contributed by atoms with Crippen LogP contribution >= 0.6 is 0 Å². The zero-order valence-corrected chi connectivity index (χ0v) is 18.1. The van der Waals surface area contributed by atoms with Crippen molar-refractivity contribution in [3.63, 3.8) is 0 Å². The second kappa shape index (κ2) is 9.63. The summed E-state index contributed by atoms with van der Waals surface area (Å²) < 4.78 is 34.5. The predicted octanol–water partition coefficient (Wildman–Crippen LogP) is 3.55. The SMILES string of the molecule is Cc1cc(S(N)(=O)=O)cc(NC(=O)COc2ccc(OCc3ccccc3)cc2)c1C. The Balaban J connectivity index is 1.56. The van der Waals surface area contributed by atoms with Crippen LogP contribution in [-0.2, 0) is 21.4 Å². The van der Waals surface area contributed by atoms with E-state index in [4.69, 9.17) is 14.6 Å². The quantitative estimate of drug-likeness (QED) is 0.557. The van der Waals surface area contributed by atoms with E-state index in [1.54, 1.807) is 38.1 Å². The number of nitrogens with one attached hydrogen (secondary N) is 1. The van der Waals surface area contributed by atoms with Crippen molar-refractivity contribution in [3.05, 3.63) is 83.4 Å². The van der Waals surface area contributed by atoms with Crippen LogP contribution in [0.15, 0.2) is 71.6 Å². The maximum absolute atomic E-state index is 12.3. The molecule has 0 heterocycles. The van der Waals surface area contributed by atoms with E-state index in [0.717, 1.165) is 11.1 Å². The zero-order chi connectivity index (χ0) is 22.4. The molecule has 0 aliphatic carbocycles. The first kappa shape index (κ1) is 22.3. The average Bonchev–Trinajstić information content (AvgIpc) is 2.74. The molecule has 0 unspecified atom stereocenters. The minimum atomic E-state index is -3.88. The van der Waals surface area contributed by atoms with Gasteiger partial charge < -0.3 is 14.8 Å². The van der Waals surface area contributed by atoms with Crippen LogP contribution in [0.25, 0.3) is 0 Å². The highest BCUT2D eigenvalue weighted by atomic mass is 32.2. The molecule has 0 atom stereocenters. The maximum atomic E-state index is 12.3. The lowest BCUT2D eigenvalue weighted by molar-refractivity contribution is -0.118. The number of ether oxygens (including phenoxy) is 2. The van der Waals surface area contributed by atoms with Crippen LogP contribution in [0.1, 0.15) is 16.7 Å². The van der Waals surface area contributed by atoms with Crippen molar-refractivity contribution in [3.8, 4) is 11.5 Å². The van der Waals surface area contributed by atoms with Crippen molar-refractivity contribution >= 4 is 21.6 Å². The summed E-state index contributed by atoms with van der Waals surface area (Å²) in [5.41, 5.74) is 2.90. The number of nitrogens with two attached hydrogens (primary N) is 1. The molecular formula is C23H24N2O5S. The summed E-state index contributed by atoms with van der Waals surface area (Å²) in [6, 6.07) is 19.6. The van der Waals surface area contributed by atoms with Gasteiger partial charge in [0.2, 0.25) is 10.0 Å². The zero-order valence-electron chi connectivity index (χ0n) is 17.3. The van der Waals surface area contributed by atoms with Gasteiger partial charge in [-0.25, -0.2) is 13.6 Å². The summed E-state index contributed by atoms with van der Waals surface area (Å²) in [6.07, 6.45) is 0. The lowest BCUT2D eigenvalue weighted by Crippen LogP contribution is -2.21. The molecule has 3 aromatic rings. The molecule has 0 fully saturated rings. The summed E-state index contributed by atoms with van der Waals surface area (Å²) in [5, 5.41) is 7.88. The Morgan fingerprint density at radius 3 is 2.16 bits per heavy atom. The standard InChI is InChI=1S/C23H24N2O5S/c1-16-12-21(31(24,27)28)13-22(17(16)2)25-23(26)15-30-20-10-8-19(9-11-20)29-14-18-6-4-3-5-7-18/h3-13H,14-15H2,1-2H3,(H,25,26)(H2,24,27,28). The van der Waals surface area contributed by atoms with Gasteiger partial charge in [0.15, 0.2) is 6.61 Å². The van der Waals surface area contributed by atoms with Crippen LogP contribution in [0.5, 0.6) is 11.5 Å². The predicted molar refractivity (Wildman–Crippen MR) is 119 cm³/mol. The highest BCUT2D eigenvalue weighted by molar-refractivity contribution is 7.89. The molecule has 3 aromatic carbocycles. The second-order valence-corrected chi connectivity index (χ2v) is 8.60. The number of aryl methyl sites for hydroxylation is 1. The molecule has 1 amide bonds. The summed E-state index contributed by atoms with van der Waals surface area (Å²) in [7, 11) is -3.88. The van der Waals surface area contributed by atoms with Crippen LogP contribution in [0, 0.1) is 13.8 Å². The molecular weight excluding hydrogens is 416 g/mol. The van der Waals surface area contributed by atoms with Crippen molar-refractivity contribution in [2.24, 2.45) is 5.14 Å². The van der Waals surface area contributed by atoms with Crippen molar-refractivity contribution < 1.29 is 22.7 Å². The Hall–Kier alpha value is -3.36. The first-order chi connectivity index (χ1) is 14.7. The second-order valence-electron chi connectivity index (χ2n) is 7.04. The van der Waals surface area contributed by atoms with Crippen LogP contribution in [0.4, 0.5) is 5.69 Å². The molecule has 0 saturated heterocycles. The summed E-state index contributed by atoms with van der Waals surface area (Å²) in [6.45, 7) is 3.76. The Morgan fingerprint density at radius 1 is 0.935 bits per heavy atom. The molecule has 0 aliphatic rings. The number of carbonyl (C=O) groups is 1. The van der Waals surface area contributed by atoms with E-state index in [1.165, 1.54) is 12.1 Å². The lowest BCUT2D eigenvalue weighted by Gasteiger charge is -2.13. The molecule has 0 saturated carbocycles. The van der Waals surface area contributed by atoms with Crippen molar-refractivity contribution in [1.29, 1.82) is 0 Å². The van der Waals surface area contributed by atoms with Crippen LogP contribution in [-0.4, -0.2) is 20.9 Å². The van der Waals surface area contributed by atoms with E-state index < -0.39 is 15.9 Å². The molecule has 0 aromatic heterocycles. The van der Waals surface area contributed by atoms with Crippen LogP contribution in [0.3, 0.4) is 0 Å². The highest BCUT2D eigenvalue weighted by Crippen LogP contribution is 2.24. The van der Waals surface area contributed by atoms with Gasteiger partial charge in [-0.15, -0.1) is 0 Å². The van der Waals surface area contributed by atoms with E-state index >= 15 is 0 Å². The monoisotopic (exact) mass is 440 g/mol. The Morgan fingerprint density at radius 2 is 1.55 bits per heavy atom. The summed E-state index contributed by atoms with van der Waals surface area (Å²) in [4.78, 5) is 12.2. The maximum Gasteiger partial charge on any atom is 0.262 e. The van der Waals surface area contributed by atoms with E-state index in [0.29, 0.717) is 29.4 Å². The van der Waals surface area contributed by atoms with Gasteiger partial charge in [-0.05, 0) is 66.9 Å². The number of hydrogen-bond donors (Lipinski definition) is 2. The number of carbonyl (C=O) groups excluding carboxylic acids is 1. The normalized spacial score (nSPS) is 11.1. The van der Waals surface area contributed by atoms with E-state index in [9.17, 15) is 13.2 Å². The fourth-order valence-corrected chi connectivity index (χ4v) is 3.45. The van der Waals surface area contributed by atoms with Crippen molar-refractivity contribution in [2.75, 3.05) is 11.9 Å². The third-order valence-electron chi connectivity index (χ3n) is 4.69. The molecule has 0 aliphatic heterocycles. The number of rotatable bonds is 8. The minimum Gasteiger partial charge on any atom is -0.489 e. The molecule has 8 heteroatoms. The number of hydrogen-bond acceptors (Lipinski definition) is 5. The van der Waals surface area contributed by atoms with Gasteiger partial charge in [-0.1, -0.05) is 30.3 Å². The minimum absolute atomic E-state index is 0.0575. The molecule has 0 spiro atoms. The van der Waals surface area contributed by atoms with E-state index in [1.807, 2.05) is 30.3 Å². The Kier molecular flexibility index (Phi) is 6.94. The smallest absolute Gasteiger partial charge is 0.262 e. The van der Waals surface area contributed by atoms with Gasteiger partial charge in [0, 0.05) is 5.69 Å². The topological polar surface area (TPSA) is 108 Å². The fraction of sp³-hybridized carbons (Fsp3) is 0.174. The summed E-state index contributed by atoms with van der Waals surface area (Å²) in [5.74, 6) is 0.776. The van der Waals surface area contributed by atoms with Gasteiger partial charge in [-0.2, -0.15) is 0 Å². The van der Waals surface area contributed by atoms with Crippen LogP contribution < -0.4 is 19.9 Å². The van der Waals surface area contributed by atoms with Crippen molar-refractivity contribution in [2.45, 2.75) is 25.3 Å². The van der Waals surface area contributed by atoms with Gasteiger partial charge >= 0.3 is 0 Å². The van der Waals surface area contributed by atoms with E-state index in [-0.39, 0.29) is 11.5 Å². The van der Waals surface area contributed by atoms with Crippen molar-refractivity contribution in [1.82, 2.24) is 0 Å². The summed E-state index contributed by atoms with van der Waals surface area (Å²) >= 11 is 0. The molecule has 162 valence electrons. The Bertz CT molecular complexity index is 1160. The number of amides is 1. The largest absolute Gasteiger partial charge is 0.489 e. The van der Waals surface area contributed by atoms with Gasteiger partial charge in [-0.3, -0.25) is 4.79 Å². The third-order valence-corrected chi connectivity index (χ3v) is 5.58. The first-order valence-corrected chi connectivity index (χ1v) is 11.1. The first-order valence-electron chi connectivity index (χ1n) is 9.56. The molecule has 0 bridgehead atoms. The number of benzene rings is 3. The molecule has 7 nitrogen and oxygen atoms in total. The lowest BCUT2D eigenvalue weighted by atomic mass is 10.1. The molecule has 31 heavy (non-hydrogen) atoms. The molecule has 3 rings (SSSR count). The molecule has 3 N–H and O–H groups in total. The van der Waals surface area contributed by atoms with Crippen LogP contribution in [0.2, 0.25) is 0 Å². The number of anilines is 1. The molecule has 0 radical (unpaired) electrons. The van der Waals surface area contributed by atoms with Gasteiger partial charge in [0.25, 0.3) is 5.91 Å². The number of sulfonamides is 1. The van der Waals surface area contributed by atoms with E-state index in [2.05, 4.69) is 5.32 Å². The van der Waals surface area contributed by atoms with Gasteiger partial charge in [0.1, 0.15) is 18.1 Å². The Labute approximate surface area is 181 Å². The highest BCUT2D eigenvalue weighted by Gasteiger charge is 2.14. The third kappa shape index (κ3) is 6.31. The average molecular weight is 441 g/mol. The van der Waals surface area contributed by atoms with Gasteiger partial charge in [0.05, 0.1) is 4.90 Å². The fourth-order valence-electron chi connectivity index (χ4n) is 2.83.